The summed E-state index contributed by atoms with van der Waals surface area (Å²) in [5, 5.41) is 17.7. The van der Waals surface area contributed by atoms with Gasteiger partial charge in [0.15, 0.2) is 5.82 Å². The first-order valence-corrected chi connectivity index (χ1v) is 10.4. The van der Waals surface area contributed by atoms with Crippen molar-refractivity contribution >= 4 is 27.1 Å². The van der Waals surface area contributed by atoms with E-state index in [9.17, 15) is 0 Å². The molecule has 3 aromatic carbocycles. The molecule has 6 nitrogen and oxygen atoms in total. The van der Waals surface area contributed by atoms with E-state index in [4.69, 9.17) is 9.84 Å². The highest BCUT2D eigenvalue weighted by Crippen LogP contribution is 2.33. The number of ether oxygens (including phenoxy) is 1. The van der Waals surface area contributed by atoms with Crippen LogP contribution < -0.4 is 10.1 Å². The van der Waals surface area contributed by atoms with Gasteiger partial charge in [0, 0.05) is 5.69 Å². The molecule has 2 heterocycles. The number of methoxy groups -OCH3 is 1. The molecule has 0 saturated heterocycles. The maximum absolute atomic E-state index is 5.22. The highest BCUT2D eigenvalue weighted by Gasteiger charge is 2.24. The highest BCUT2D eigenvalue weighted by molar-refractivity contribution is 7.20. The molecule has 0 saturated carbocycles. The summed E-state index contributed by atoms with van der Waals surface area (Å²) in [7, 11) is 1.66. The van der Waals surface area contributed by atoms with Gasteiger partial charge in [0.05, 0.1) is 13.0 Å². The van der Waals surface area contributed by atoms with Crippen LogP contribution in [0.3, 0.4) is 0 Å². The van der Waals surface area contributed by atoms with Gasteiger partial charge in [-0.1, -0.05) is 72.0 Å². The number of anilines is 2. The Labute approximate surface area is 177 Å². The first kappa shape index (κ1) is 18.3. The lowest BCUT2D eigenvalue weighted by atomic mass is 9.91. The molecule has 7 heteroatoms. The quantitative estimate of drug-likeness (QED) is 0.419. The molecule has 5 rings (SSSR count). The number of benzene rings is 3. The molecule has 0 amide bonds. The van der Waals surface area contributed by atoms with Crippen molar-refractivity contribution in [2.45, 2.75) is 5.92 Å². The zero-order valence-electron chi connectivity index (χ0n) is 16.3. The molecule has 0 atom stereocenters. The number of nitrogens with one attached hydrogen (secondary N) is 1. The summed E-state index contributed by atoms with van der Waals surface area (Å²) in [4.78, 5) is 0.748. The average molecular weight is 414 g/mol. The number of aromatic nitrogens is 4. The Balaban J connectivity index is 1.54. The number of hydrogen-bond donors (Lipinski definition) is 1. The van der Waals surface area contributed by atoms with Gasteiger partial charge in [0.2, 0.25) is 10.1 Å². The number of rotatable bonds is 6. The first-order valence-electron chi connectivity index (χ1n) is 9.55. The molecule has 148 valence electrons. The fraction of sp³-hybridized carbons (Fsp3) is 0.0870. The summed E-state index contributed by atoms with van der Waals surface area (Å²) >= 11 is 1.47. The first-order chi connectivity index (χ1) is 14.8. The molecule has 0 unspecified atom stereocenters. The van der Waals surface area contributed by atoms with E-state index in [0.29, 0.717) is 0 Å². The van der Waals surface area contributed by atoms with Crippen molar-refractivity contribution < 1.29 is 4.74 Å². The SMILES string of the molecule is COc1ccc(Nc2nn3c(C(c4ccccc4)c4ccccc4)nnc3s2)cc1. The van der Waals surface area contributed by atoms with Crippen LogP contribution in [0.4, 0.5) is 10.8 Å². The van der Waals surface area contributed by atoms with Crippen LogP contribution in [0.5, 0.6) is 5.75 Å². The van der Waals surface area contributed by atoms with E-state index in [1.165, 1.54) is 11.3 Å². The van der Waals surface area contributed by atoms with E-state index in [0.717, 1.165) is 38.5 Å². The van der Waals surface area contributed by atoms with Crippen molar-refractivity contribution in [2.75, 3.05) is 12.4 Å². The molecule has 30 heavy (non-hydrogen) atoms. The molecule has 0 spiro atoms. The smallest absolute Gasteiger partial charge is 0.236 e. The summed E-state index contributed by atoms with van der Waals surface area (Å²) in [5.74, 6) is 1.55. The maximum Gasteiger partial charge on any atom is 0.236 e. The van der Waals surface area contributed by atoms with Gasteiger partial charge in [0.25, 0.3) is 0 Å². The van der Waals surface area contributed by atoms with Gasteiger partial charge in [-0.2, -0.15) is 4.52 Å². The average Bonchev–Trinajstić information content (AvgIpc) is 3.37. The van der Waals surface area contributed by atoms with Gasteiger partial charge in [-0.3, -0.25) is 0 Å². The predicted molar refractivity (Wildman–Crippen MR) is 119 cm³/mol. The predicted octanol–water partition coefficient (Wildman–Crippen LogP) is 5.12. The molecule has 0 fully saturated rings. The fourth-order valence-corrected chi connectivity index (χ4v) is 4.21. The summed E-state index contributed by atoms with van der Waals surface area (Å²) < 4.78 is 7.05. The standard InChI is InChI=1S/C23H19N5OS/c1-29-19-14-12-18(13-15-19)24-22-27-28-21(25-26-23(28)30-22)20(16-8-4-2-5-9-16)17-10-6-3-7-11-17/h2-15,20H,1H3,(H,24,27). The Morgan fingerprint density at radius 3 is 2.07 bits per heavy atom. The van der Waals surface area contributed by atoms with Crippen molar-refractivity contribution in [2.24, 2.45) is 0 Å². The molecule has 0 bridgehead atoms. The van der Waals surface area contributed by atoms with E-state index >= 15 is 0 Å². The second-order valence-electron chi connectivity index (χ2n) is 6.77. The second kappa shape index (κ2) is 7.96. The van der Waals surface area contributed by atoms with Crippen molar-refractivity contribution in [3.05, 3.63) is 102 Å². The monoisotopic (exact) mass is 413 g/mol. The zero-order valence-corrected chi connectivity index (χ0v) is 17.1. The lowest BCUT2D eigenvalue weighted by molar-refractivity contribution is 0.415. The van der Waals surface area contributed by atoms with Gasteiger partial charge in [-0.25, -0.2) is 0 Å². The lowest BCUT2D eigenvalue weighted by Crippen LogP contribution is -2.09. The van der Waals surface area contributed by atoms with Crippen molar-refractivity contribution in [1.29, 1.82) is 0 Å². The highest BCUT2D eigenvalue weighted by atomic mass is 32.1. The maximum atomic E-state index is 5.22. The molecule has 2 aromatic heterocycles. The minimum absolute atomic E-state index is 0.0571. The minimum Gasteiger partial charge on any atom is -0.497 e. The van der Waals surface area contributed by atoms with Crippen LogP contribution >= 0.6 is 11.3 Å². The second-order valence-corrected chi connectivity index (χ2v) is 7.72. The van der Waals surface area contributed by atoms with Gasteiger partial charge < -0.3 is 10.1 Å². The molecular weight excluding hydrogens is 394 g/mol. The van der Waals surface area contributed by atoms with Crippen LogP contribution in [0.25, 0.3) is 4.96 Å². The van der Waals surface area contributed by atoms with Crippen LogP contribution in [0.2, 0.25) is 0 Å². The molecule has 0 radical (unpaired) electrons. The van der Waals surface area contributed by atoms with Gasteiger partial charge >= 0.3 is 0 Å². The van der Waals surface area contributed by atoms with Crippen LogP contribution in [-0.2, 0) is 0 Å². The fourth-order valence-electron chi connectivity index (χ4n) is 3.44. The third kappa shape index (κ3) is 3.51. The van der Waals surface area contributed by atoms with Crippen molar-refractivity contribution in [3.63, 3.8) is 0 Å². The third-order valence-electron chi connectivity index (χ3n) is 4.88. The van der Waals surface area contributed by atoms with Crippen LogP contribution in [0.15, 0.2) is 84.9 Å². The van der Waals surface area contributed by atoms with Gasteiger partial charge in [-0.15, -0.1) is 15.3 Å². The van der Waals surface area contributed by atoms with E-state index in [2.05, 4.69) is 39.8 Å². The van der Waals surface area contributed by atoms with Crippen LogP contribution in [0.1, 0.15) is 22.9 Å². The number of nitrogens with zero attached hydrogens (tertiary/aromatic N) is 4. The number of hydrogen-bond acceptors (Lipinski definition) is 6. The van der Waals surface area contributed by atoms with E-state index in [1.807, 2.05) is 65.2 Å². The minimum atomic E-state index is -0.0571. The molecular formula is C23H19N5OS. The van der Waals surface area contributed by atoms with Crippen molar-refractivity contribution in [1.82, 2.24) is 19.8 Å². The topological polar surface area (TPSA) is 64.3 Å². The molecule has 5 aromatic rings. The van der Waals surface area contributed by atoms with E-state index < -0.39 is 0 Å². The van der Waals surface area contributed by atoms with E-state index in [-0.39, 0.29) is 5.92 Å². The molecule has 1 N–H and O–H groups in total. The largest absolute Gasteiger partial charge is 0.497 e. The number of fused-ring (bicyclic) bond motifs is 1. The Hall–Kier alpha value is -3.71. The Bertz CT molecular complexity index is 1210. The Morgan fingerprint density at radius 1 is 0.833 bits per heavy atom. The zero-order chi connectivity index (χ0) is 20.3. The normalized spacial score (nSPS) is 11.1. The van der Waals surface area contributed by atoms with E-state index in [1.54, 1.807) is 7.11 Å². The Kier molecular flexibility index (Phi) is 4.86. The Morgan fingerprint density at radius 2 is 1.47 bits per heavy atom. The van der Waals surface area contributed by atoms with Gasteiger partial charge in [-0.05, 0) is 35.4 Å². The summed E-state index contributed by atoms with van der Waals surface area (Å²) in [6, 6.07) is 28.4. The lowest BCUT2D eigenvalue weighted by Gasteiger charge is -2.15. The van der Waals surface area contributed by atoms with Crippen LogP contribution in [0, 0.1) is 0 Å². The summed E-state index contributed by atoms with van der Waals surface area (Å²) in [6.45, 7) is 0. The molecule has 0 aliphatic heterocycles. The summed E-state index contributed by atoms with van der Waals surface area (Å²) in [6.07, 6.45) is 0. The van der Waals surface area contributed by atoms with Crippen LogP contribution in [-0.4, -0.2) is 26.9 Å². The molecule has 0 aliphatic rings. The third-order valence-corrected chi connectivity index (χ3v) is 5.69. The van der Waals surface area contributed by atoms with Crippen molar-refractivity contribution in [3.8, 4) is 5.75 Å². The van der Waals surface area contributed by atoms with Gasteiger partial charge in [0.1, 0.15) is 5.75 Å². The summed E-state index contributed by atoms with van der Waals surface area (Å²) in [5.41, 5.74) is 3.23. The molecule has 0 aliphatic carbocycles.